The van der Waals surface area contributed by atoms with Gasteiger partial charge in [-0.3, -0.25) is 4.68 Å². The molecule has 196 valence electrons. The highest BCUT2D eigenvalue weighted by molar-refractivity contribution is 5.84. The zero-order chi connectivity index (χ0) is 26.2. The Morgan fingerprint density at radius 3 is 2.74 bits per heavy atom. The van der Waals surface area contributed by atoms with E-state index < -0.39 is 0 Å². The van der Waals surface area contributed by atoms with E-state index in [0.717, 1.165) is 41.1 Å². The Kier molecular flexibility index (Phi) is 6.28. The van der Waals surface area contributed by atoms with Gasteiger partial charge in [0.15, 0.2) is 11.6 Å². The molecule has 0 unspecified atom stereocenters. The van der Waals surface area contributed by atoms with E-state index >= 15 is 0 Å². The number of hydrogen-bond acceptors (Lipinski definition) is 8. The smallest absolute Gasteiger partial charge is 0.218 e. The Bertz CT molecular complexity index is 1580. The summed E-state index contributed by atoms with van der Waals surface area (Å²) in [5.74, 6) is 3.22. The first-order chi connectivity index (χ1) is 18.5. The molecule has 1 N–H and O–H groups in total. The van der Waals surface area contributed by atoms with Crippen LogP contribution >= 0.6 is 0 Å². The SMILES string of the molecule is Cc1c(-c2ccn(C3CC3)n2)cn2nc(-c3nccn3C)nc(Nc3cc(OCCCN(C)C)ccn3)c12. The van der Waals surface area contributed by atoms with E-state index in [0.29, 0.717) is 35.9 Å². The van der Waals surface area contributed by atoms with Crippen molar-refractivity contribution in [3.8, 4) is 28.7 Å². The Labute approximate surface area is 221 Å². The molecule has 0 spiro atoms. The molecule has 1 aliphatic rings. The molecule has 6 rings (SSSR count). The molecule has 5 aromatic heterocycles. The Morgan fingerprint density at radius 2 is 1.97 bits per heavy atom. The van der Waals surface area contributed by atoms with E-state index in [1.165, 1.54) is 12.8 Å². The van der Waals surface area contributed by atoms with Crippen molar-refractivity contribution in [2.75, 3.05) is 32.6 Å². The molecule has 0 bridgehead atoms. The summed E-state index contributed by atoms with van der Waals surface area (Å²) in [6, 6.07) is 6.35. The number of aryl methyl sites for hydroxylation is 2. The van der Waals surface area contributed by atoms with Crippen LogP contribution in [0.15, 0.2) is 49.2 Å². The van der Waals surface area contributed by atoms with Crippen LogP contribution in [-0.4, -0.2) is 71.1 Å². The number of fused-ring (bicyclic) bond motifs is 1. The van der Waals surface area contributed by atoms with Gasteiger partial charge in [-0.05, 0) is 58.0 Å². The lowest BCUT2D eigenvalue weighted by atomic mass is 10.1. The maximum absolute atomic E-state index is 5.96. The third kappa shape index (κ3) is 4.84. The van der Waals surface area contributed by atoms with Crippen molar-refractivity contribution in [2.24, 2.45) is 7.05 Å². The average molecular weight is 513 g/mol. The summed E-state index contributed by atoms with van der Waals surface area (Å²) < 4.78 is 11.8. The minimum atomic E-state index is 0.508. The summed E-state index contributed by atoms with van der Waals surface area (Å²) in [6.45, 7) is 3.69. The number of aromatic nitrogens is 8. The zero-order valence-electron chi connectivity index (χ0n) is 22.2. The quantitative estimate of drug-likeness (QED) is 0.279. The molecule has 0 aliphatic heterocycles. The average Bonchev–Trinajstić information content (AvgIpc) is 3.30. The van der Waals surface area contributed by atoms with E-state index in [2.05, 4.69) is 58.1 Å². The number of ether oxygens (including phenoxy) is 1. The number of imidazole rings is 1. The lowest BCUT2D eigenvalue weighted by molar-refractivity contribution is 0.281. The third-order valence-electron chi connectivity index (χ3n) is 6.71. The molecule has 0 radical (unpaired) electrons. The number of pyridine rings is 1. The highest BCUT2D eigenvalue weighted by atomic mass is 16.5. The molecule has 5 aromatic rings. The molecule has 0 saturated heterocycles. The minimum Gasteiger partial charge on any atom is -0.493 e. The van der Waals surface area contributed by atoms with Crippen LogP contribution < -0.4 is 10.1 Å². The molecule has 11 heteroatoms. The van der Waals surface area contributed by atoms with Crippen LogP contribution in [0.2, 0.25) is 0 Å². The van der Waals surface area contributed by atoms with Gasteiger partial charge in [0.2, 0.25) is 5.82 Å². The van der Waals surface area contributed by atoms with Gasteiger partial charge in [-0.1, -0.05) is 0 Å². The standard InChI is InChI=1S/C27H32N10O/c1-18-21(22-9-13-36(32-22)19-6-7-19)17-37-24(18)25(31-26(33-37)27-29-11-14-35(27)4)30-23-16-20(8-10-28-23)38-15-5-12-34(2)3/h8-11,13-14,16-17,19H,5-7,12,15H2,1-4H3,(H,28,30,31,33). The topological polar surface area (TPSA) is 103 Å². The monoisotopic (exact) mass is 512 g/mol. The summed E-state index contributed by atoms with van der Waals surface area (Å²) >= 11 is 0. The highest BCUT2D eigenvalue weighted by Crippen LogP contribution is 2.36. The molecule has 0 aromatic carbocycles. The van der Waals surface area contributed by atoms with Gasteiger partial charge >= 0.3 is 0 Å². The molecule has 38 heavy (non-hydrogen) atoms. The van der Waals surface area contributed by atoms with Crippen LogP contribution in [0, 0.1) is 6.92 Å². The Hall–Kier alpha value is -4.25. The van der Waals surface area contributed by atoms with Gasteiger partial charge in [-0.15, -0.1) is 5.10 Å². The van der Waals surface area contributed by atoms with Crippen molar-refractivity contribution in [2.45, 2.75) is 32.2 Å². The molecular formula is C27H32N10O. The molecule has 11 nitrogen and oxygen atoms in total. The number of nitrogens with zero attached hydrogens (tertiary/aromatic N) is 9. The Balaban J connectivity index is 1.37. The van der Waals surface area contributed by atoms with Gasteiger partial charge < -0.3 is 19.5 Å². The molecule has 1 aliphatic carbocycles. The van der Waals surface area contributed by atoms with E-state index in [1.807, 2.05) is 40.7 Å². The van der Waals surface area contributed by atoms with Crippen LogP contribution in [0.5, 0.6) is 5.75 Å². The van der Waals surface area contributed by atoms with Gasteiger partial charge in [0.1, 0.15) is 17.1 Å². The van der Waals surface area contributed by atoms with Crippen LogP contribution in [-0.2, 0) is 7.05 Å². The molecule has 5 heterocycles. The second-order valence-corrected chi connectivity index (χ2v) is 10.0. The molecule has 1 fully saturated rings. The van der Waals surface area contributed by atoms with Crippen molar-refractivity contribution >= 4 is 17.2 Å². The highest BCUT2D eigenvalue weighted by Gasteiger charge is 2.25. The predicted molar refractivity (Wildman–Crippen MR) is 146 cm³/mol. The molecular weight excluding hydrogens is 480 g/mol. The number of nitrogens with one attached hydrogen (secondary N) is 1. The molecule has 1 saturated carbocycles. The molecule has 0 atom stereocenters. The van der Waals surface area contributed by atoms with Gasteiger partial charge in [-0.25, -0.2) is 19.5 Å². The fourth-order valence-electron chi connectivity index (χ4n) is 4.54. The van der Waals surface area contributed by atoms with Crippen molar-refractivity contribution in [3.63, 3.8) is 0 Å². The van der Waals surface area contributed by atoms with Crippen LogP contribution in [0.3, 0.4) is 0 Å². The summed E-state index contributed by atoms with van der Waals surface area (Å²) in [5, 5.41) is 13.1. The predicted octanol–water partition coefficient (Wildman–Crippen LogP) is 4.11. The van der Waals surface area contributed by atoms with Gasteiger partial charge in [0.25, 0.3) is 0 Å². The summed E-state index contributed by atoms with van der Waals surface area (Å²) in [6.07, 6.45) is 12.8. The number of anilines is 2. The van der Waals surface area contributed by atoms with Gasteiger partial charge in [0, 0.05) is 56.2 Å². The maximum atomic E-state index is 5.96. The van der Waals surface area contributed by atoms with E-state index in [4.69, 9.17) is 19.9 Å². The number of hydrogen-bond donors (Lipinski definition) is 1. The van der Waals surface area contributed by atoms with Crippen molar-refractivity contribution in [1.82, 2.24) is 43.8 Å². The van der Waals surface area contributed by atoms with E-state index in [9.17, 15) is 0 Å². The van der Waals surface area contributed by atoms with E-state index in [1.54, 1.807) is 12.4 Å². The first-order valence-corrected chi connectivity index (χ1v) is 12.9. The Morgan fingerprint density at radius 1 is 1.11 bits per heavy atom. The number of rotatable bonds is 10. The fraction of sp³-hybridized carbons (Fsp3) is 0.370. The summed E-state index contributed by atoms with van der Waals surface area (Å²) in [7, 11) is 6.05. The normalized spacial score (nSPS) is 13.5. The maximum Gasteiger partial charge on any atom is 0.218 e. The lowest BCUT2D eigenvalue weighted by Gasteiger charge is -2.12. The fourth-order valence-corrected chi connectivity index (χ4v) is 4.54. The minimum absolute atomic E-state index is 0.508. The van der Waals surface area contributed by atoms with E-state index in [-0.39, 0.29) is 0 Å². The second-order valence-electron chi connectivity index (χ2n) is 10.0. The van der Waals surface area contributed by atoms with Crippen molar-refractivity contribution in [3.05, 3.63) is 54.7 Å². The first-order valence-electron chi connectivity index (χ1n) is 12.9. The van der Waals surface area contributed by atoms with Gasteiger partial charge in [-0.2, -0.15) is 5.10 Å². The van der Waals surface area contributed by atoms with Crippen LogP contribution in [0.4, 0.5) is 11.6 Å². The first kappa shape index (κ1) is 24.1. The van der Waals surface area contributed by atoms with Gasteiger partial charge in [0.05, 0.1) is 18.3 Å². The van der Waals surface area contributed by atoms with Crippen molar-refractivity contribution in [1.29, 1.82) is 0 Å². The van der Waals surface area contributed by atoms with Crippen LogP contribution in [0.1, 0.15) is 30.9 Å². The zero-order valence-corrected chi connectivity index (χ0v) is 22.2. The largest absolute Gasteiger partial charge is 0.493 e. The summed E-state index contributed by atoms with van der Waals surface area (Å²) in [4.78, 5) is 16.0. The van der Waals surface area contributed by atoms with Crippen LogP contribution in [0.25, 0.3) is 28.4 Å². The lowest BCUT2D eigenvalue weighted by Crippen LogP contribution is -2.15. The molecule has 0 amide bonds. The third-order valence-corrected chi connectivity index (χ3v) is 6.71. The summed E-state index contributed by atoms with van der Waals surface area (Å²) in [5.41, 5.74) is 3.84. The second kappa shape index (κ2) is 9.90. The van der Waals surface area contributed by atoms with Crippen molar-refractivity contribution < 1.29 is 4.74 Å².